The average molecular weight is 284 g/mol. The quantitative estimate of drug-likeness (QED) is 0.843. The second kappa shape index (κ2) is 5.48. The molecule has 2 aliphatic rings. The van der Waals surface area contributed by atoms with Crippen LogP contribution in [0.4, 0.5) is 0 Å². The molecule has 0 bridgehead atoms. The zero-order chi connectivity index (χ0) is 14.1. The van der Waals surface area contributed by atoms with Gasteiger partial charge in [0.05, 0.1) is 11.7 Å². The minimum Gasteiger partial charge on any atom is -0.475 e. The van der Waals surface area contributed by atoms with Gasteiger partial charge in [0.15, 0.2) is 0 Å². The van der Waals surface area contributed by atoms with Gasteiger partial charge in [-0.05, 0) is 30.9 Å². The van der Waals surface area contributed by atoms with Crippen LogP contribution in [0.5, 0.6) is 5.88 Å². The molecule has 21 heavy (non-hydrogen) atoms. The largest absolute Gasteiger partial charge is 0.475 e. The van der Waals surface area contributed by atoms with Gasteiger partial charge in [0.25, 0.3) is 0 Å². The Morgan fingerprint density at radius 1 is 1.19 bits per heavy atom. The molecule has 3 heterocycles. The normalized spacial score (nSPS) is 22.0. The summed E-state index contributed by atoms with van der Waals surface area (Å²) in [7, 11) is 0. The van der Waals surface area contributed by atoms with Gasteiger partial charge in [-0.2, -0.15) is 5.10 Å². The van der Waals surface area contributed by atoms with Crippen LogP contribution in [-0.2, 0) is 6.54 Å². The van der Waals surface area contributed by atoms with Gasteiger partial charge in [0, 0.05) is 38.1 Å². The van der Waals surface area contributed by atoms with Crippen molar-refractivity contribution in [2.75, 3.05) is 19.7 Å². The maximum Gasteiger partial charge on any atom is 0.213 e. The highest BCUT2D eigenvalue weighted by atomic mass is 16.5. The second-order valence-electron chi connectivity index (χ2n) is 6.04. The van der Waals surface area contributed by atoms with Gasteiger partial charge < -0.3 is 4.74 Å². The van der Waals surface area contributed by atoms with E-state index in [4.69, 9.17) is 4.74 Å². The van der Waals surface area contributed by atoms with Crippen LogP contribution in [0.3, 0.4) is 0 Å². The average Bonchev–Trinajstić information content (AvgIpc) is 3.20. The fraction of sp³-hybridized carbons (Fsp3) is 0.500. The van der Waals surface area contributed by atoms with E-state index in [-0.39, 0.29) is 6.04 Å². The molecule has 2 aromatic heterocycles. The number of hydrogen-bond donors (Lipinski definition) is 0. The minimum atomic E-state index is 0.268. The molecule has 1 fully saturated rings. The third kappa shape index (κ3) is 2.93. The molecular weight excluding hydrogens is 264 g/mol. The van der Waals surface area contributed by atoms with Crippen LogP contribution in [0.25, 0.3) is 0 Å². The highest BCUT2D eigenvalue weighted by Crippen LogP contribution is 2.32. The summed E-state index contributed by atoms with van der Waals surface area (Å²) in [4.78, 5) is 6.76. The molecule has 0 saturated heterocycles. The molecule has 0 unspecified atom stereocenters. The van der Waals surface area contributed by atoms with Crippen molar-refractivity contribution in [2.45, 2.75) is 25.4 Å². The van der Waals surface area contributed by atoms with Gasteiger partial charge in [-0.3, -0.25) is 9.58 Å². The SMILES string of the molecule is c1ccc(OC[C@@H]2CN(CC3CC3)Cc3ccnn32)nc1. The van der Waals surface area contributed by atoms with Crippen molar-refractivity contribution >= 4 is 0 Å². The summed E-state index contributed by atoms with van der Waals surface area (Å²) in [6, 6.07) is 8.13. The second-order valence-corrected chi connectivity index (χ2v) is 6.04. The molecule has 110 valence electrons. The maximum absolute atomic E-state index is 5.84. The van der Waals surface area contributed by atoms with E-state index in [1.165, 1.54) is 25.1 Å². The highest BCUT2D eigenvalue weighted by molar-refractivity contribution is 5.10. The van der Waals surface area contributed by atoms with Gasteiger partial charge in [-0.25, -0.2) is 4.98 Å². The molecule has 0 amide bonds. The van der Waals surface area contributed by atoms with Crippen LogP contribution in [-0.4, -0.2) is 39.4 Å². The highest BCUT2D eigenvalue weighted by Gasteiger charge is 2.30. The Bertz CT molecular complexity index is 593. The Kier molecular flexibility index (Phi) is 3.35. The fourth-order valence-electron chi connectivity index (χ4n) is 3.01. The molecule has 4 rings (SSSR count). The van der Waals surface area contributed by atoms with Gasteiger partial charge in [0.1, 0.15) is 6.61 Å². The van der Waals surface area contributed by atoms with E-state index in [0.717, 1.165) is 19.0 Å². The van der Waals surface area contributed by atoms with Gasteiger partial charge in [-0.15, -0.1) is 0 Å². The van der Waals surface area contributed by atoms with E-state index >= 15 is 0 Å². The lowest BCUT2D eigenvalue weighted by Crippen LogP contribution is -2.41. The molecule has 0 N–H and O–H groups in total. The first-order chi connectivity index (χ1) is 10.4. The Labute approximate surface area is 124 Å². The summed E-state index contributed by atoms with van der Waals surface area (Å²) in [5, 5.41) is 4.47. The number of nitrogens with zero attached hydrogens (tertiary/aromatic N) is 4. The third-order valence-electron chi connectivity index (χ3n) is 4.23. The van der Waals surface area contributed by atoms with Crippen LogP contribution in [0.1, 0.15) is 24.6 Å². The topological polar surface area (TPSA) is 43.2 Å². The van der Waals surface area contributed by atoms with Crippen molar-refractivity contribution in [3.63, 3.8) is 0 Å². The molecule has 1 aliphatic carbocycles. The Morgan fingerprint density at radius 2 is 2.14 bits per heavy atom. The van der Waals surface area contributed by atoms with Crippen molar-refractivity contribution in [1.82, 2.24) is 19.7 Å². The smallest absolute Gasteiger partial charge is 0.213 e. The molecule has 0 radical (unpaired) electrons. The van der Waals surface area contributed by atoms with E-state index in [9.17, 15) is 0 Å². The van der Waals surface area contributed by atoms with Crippen molar-refractivity contribution in [2.24, 2.45) is 5.92 Å². The van der Waals surface area contributed by atoms with Crippen molar-refractivity contribution in [1.29, 1.82) is 0 Å². The van der Waals surface area contributed by atoms with Gasteiger partial charge in [-0.1, -0.05) is 6.07 Å². The van der Waals surface area contributed by atoms with Crippen LogP contribution >= 0.6 is 0 Å². The summed E-state index contributed by atoms with van der Waals surface area (Å²) >= 11 is 0. The van der Waals surface area contributed by atoms with E-state index in [1.54, 1.807) is 6.20 Å². The third-order valence-corrected chi connectivity index (χ3v) is 4.23. The zero-order valence-electron chi connectivity index (χ0n) is 12.1. The van der Waals surface area contributed by atoms with Crippen molar-refractivity contribution < 1.29 is 4.74 Å². The first kappa shape index (κ1) is 12.8. The molecule has 5 heteroatoms. The minimum absolute atomic E-state index is 0.268. The van der Waals surface area contributed by atoms with Crippen LogP contribution < -0.4 is 4.74 Å². The first-order valence-corrected chi connectivity index (χ1v) is 7.67. The molecule has 5 nitrogen and oxygen atoms in total. The molecule has 0 aromatic carbocycles. The number of ether oxygens (including phenoxy) is 1. The lowest BCUT2D eigenvalue weighted by atomic mass is 10.2. The molecule has 1 aliphatic heterocycles. The Balaban J connectivity index is 1.45. The van der Waals surface area contributed by atoms with E-state index < -0.39 is 0 Å². The summed E-state index contributed by atoms with van der Waals surface area (Å²) < 4.78 is 7.96. The van der Waals surface area contributed by atoms with Gasteiger partial charge in [0.2, 0.25) is 5.88 Å². The van der Waals surface area contributed by atoms with Crippen molar-refractivity contribution in [3.8, 4) is 5.88 Å². The molecule has 1 atom stereocenters. The summed E-state index contributed by atoms with van der Waals surface area (Å²) in [6.45, 7) is 3.85. The standard InChI is InChI=1S/C16H20N4O/c1-2-7-17-16(3-1)21-12-15-11-19(9-13-4-5-13)10-14-6-8-18-20(14)15/h1-3,6-8,13,15H,4-5,9-12H2/t15-/m0/s1. The fourth-order valence-corrected chi connectivity index (χ4v) is 3.01. The lowest BCUT2D eigenvalue weighted by molar-refractivity contribution is 0.126. The Morgan fingerprint density at radius 3 is 2.95 bits per heavy atom. The molecular formula is C16H20N4O. The number of pyridine rings is 1. The zero-order valence-corrected chi connectivity index (χ0v) is 12.1. The number of aromatic nitrogens is 3. The molecule has 1 saturated carbocycles. The number of fused-ring (bicyclic) bond motifs is 1. The first-order valence-electron chi connectivity index (χ1n) is 7.67. The predicted molar refractivity (Wildman–Crippen MR) is 79.0 cm³/mol. The Hall–Kier alpha value is -1.88. The summed E-state index contributed by atoms with van der Waals surface area (Å²) in [5.41, 5.74) is 1.29. The molecule has 0 spiro atoms. The van der Waals surface area contributed by atoms with E-state index in [1.807, 2.05) is 24.4 Å². The lowest BCUT2D eigenvalue weighted by Gasteiger charge is -2.33. The van der Waals surface area contributed by atoms with Crippen LogP contribution in [0.2, 0.25) is 0 Å². The monoisotopic (exact) mass is 284 g/mol. The van der Waals surface area contributed by atoms with Crippen LogP contribution in [0, 0.1) is 5.92 Å². The van der Waals surface area contributed by atoms with Crippen molar-refractivity contribution in [3.05, 3.63) is 42.4 Å². The summed E-state index contributed by atoms with van der Waals surface area (Å²) in [6.07, 6.45) is 6.44. The van der Waals surface area contributed by atoms with E-state index in [0.29, 0.717) is 12.5 Å². The number of rotatable bonds is 5. The van der Waals surface area contributed by atoms with E-state index in [2.05, 4.69) is 25.7 Å². The molecule has 2 aromatic rings. The summed E-state index contributed by atoms with van der Waals surface area (Å²) in [5.74, 6) is 1.60. The van der Waals surface area contributed by atoms with Gasteiger partial charge >= 0.3 is 0 Å². The predicted octanol–water partition coefficient (Wildman–Crippen LogP) is 2.12. The van der Waals surface area contributed by atoms with Crippen LogP contribution in [0.15, 0.2) is 36.7 Å². The maximum atomic E-state index is 5.84. The number of hydrogen-bond acceptors (Lipinski definition) is 4.